The number of amides is 1. The summed E-state index contributed by atoms with van der Waals surface area (Å²) in [6.45, 7) is 3.39. The summed E-state index contributed by atoms with van der Waals surface area (Å²) in [5.41, 5.74) is 6.39. The zero-order valence-corrected chi connectivity index (χ0v) is 7.79. The van der Waals surface area contributed by atoms with Gasteiger partial charge in [-0.1, -0.05) is 0 Å². The minimum atomic E-state index is -0.945. The minimum absolute atomic E-state index is 0.315. The van der Waals surface area contributed by atoms with Gasteiger partial charge in [0.1, 0.15) is 0 Å². The predicted octanol–water partition coefficient (Wildman–Crippen LogP) is -0.295. The minimum Gasteiger partial charge on any atom is -0.363 e. The lowest BCUT2D eigenvalue weighted by molar-refractivity contribution is -0.114. The topological polar surface area (TPSA) is 78.0 Å². The SMILES string of the molecule is Cc1nn(C)c(C)c1C(=O)C(N)=O. The van der Waals surface area contributed by atoms with Gasteiger partial charge in [-0.05, 0) is 13.8 Å². The van der Waals surface area contributed by atoms with E-state index >= 15 is 0 Å². The number of Topliss-reactive ketones (excluding diaryl/α,β-unsaturated/α-hetero) is 1. The molecule has 5 nitrogen and oxygen atoms in total. The quantitative estimate of drug-likeness (QED) is 0.502. The molecule has 0 fully saturated rings. The van der Waals surface area contributed by atoms with E-state index in [1.54, 1.807) is 25.6 Å². The number of nitrogens with two attached hydrogens (primary N) is 1. The van der Waals surface area contributed by atoms with Gasteiger partial charge in [0.25, 0.3) is 11.7 Å². The summed E-state index contributed by atoms with van der Waals surface area (Å²) in [6.07, 6.45) is 0. The van der Waals surface area contributed by atoms with E-state index in [0.29, 0.717) is 17.0 Å². The van der Waals surface area contributed by atoms with Crippen molar-refractivity contribution < 1.29 is 9.59 Å². The van der Waals surface area contributed by atoms with Gasteiger partial charge in [-0.15, -0.1) is 0 Å². The van der Waals surface area contributed by atoms with Crippen molar-refractivity contribution in [1.29, 1.82) is 0 Å². The number of primary amides is 1. The van der Waals surface area contributed by atoms with E-state index in [1.807, 2.05) is 0 Å². The maximum absolute atomic E-state index is 11.3. The number of ketones is 1. The maximum atomic E-state index is 11.3. The Morgan fingerprint density at radius 2 is 1.92 bits per heavy atom. The molecule has 1 rings (SSSR count). The molecule has 0 radical (unpaired) electrons. The molecule has 2 N–H and O–H groups in total. The van der Waals surface area contributed by atoms with E-state index in [0.717, 1.165) is 0 Å². The Morgan fingerprint density at radius 3 is 2.23 bits per heavy atom. The fourth-order valence-corrected chi connectivity index (χ4v) is 1.23. The first-order valence-corrected chi connectivity index (χ1v) is 3.79. The average Bonchev–Trinajstić information content (AvgIpc) is 2.26. The number of aryl methyl sites for hydroxylation is 2. The second kappa shape index (κ2) is 3.01. The summed E-state index contributed by atoms with van der Waals surface area (Å²) in [5, 5.41) is 4.00. The van der Waals surface area contributed by atoms with Gasteiger partial charge < -0.3 is 5.73 Å². The summed E-state index contributed by atoms with van der Waals surface area (Å²) in [7, 11) is 1.71. The number of nitrogens with zero attached hydrogens (tertiary/aromatic N) is 2. The number of hydrogen-bond acceptors (Lipinski definition) is 3. The van der Waals surface area contributed by atoms with E-state index in [-0.39, 0.29) is 0 Å². The monoisotopic (exact) mass is 181 g/mol. The van der Waals surface area contributed by atoms with E-state index in [9.17, 15) is 9.59 Å². The van der Waals surface area contributed by atoms with Crippen molar-refractivity contribution in [1.82, 2.24) is 9.78 Å². The van der Waals surface area contributed by atoms with Crippen LogP contribution in [0, 0.1) is 13.8 Å². The molecule has 0 aliphatic carbocycles. The predicted molar refractivity (Wildman–Crippen MR) is 46.2 cm³/mol. The highest BCUT2D eigenvalue weighted by Gasteiger charge is 2.21. The molecule has 0 bridgehead atoms. The van der Waals surface area contributed by atoms with Crippen molar-refractivity contribution >= 4 is 11.7 Å². The van der Waals surface area contributed by atoms with Crippen molar-refractivity contribution in [3.8, 4) is 0 Å². The molecule has 1 aromatic rings. The van der Waals surface area contributed by atoms with Gasteiger partial charge in [0.15, 0.2) is 0 Å². The van der Waals surface area contributed by atoms with Gasteiger partial charge in [-0.25, -0.2) is 0 Å². The van der Waals surface area contributed by atoms with Crippen LogP contribution in [0.3, 0.4) is 0 Å². The first kappa shape index (κ1) is 9.44. The Morgan fingerprint density at radius 1 is 1.38 bits per heavy atom. The smallest absolute Gasteiger partial charge is 0.289 e. The molecular weight excluding hydrogens is 170 g/mol. The molecular formula is C8H11N3O2. The molecule has 0 atom stereocenters. The molecule has 1 heterocycles. The van der Waals surface area contributed by atoms with Gasteiger partial charge in [0, 0.05) is 12.7 Å². The molecule has 70 valence electrons. The normalized spacial score (nSPS) is 10.1. The van der Waals surface area contributed by atoms with E-state index in [4.69, 9.17) is 5.73 Å². The summed E-state index contributed by atoms with van der Waals surface area (Å²) >= 11 is 0. The number of rotatable bonds is 2. The van der Waals surface area contributed by atoms with Gasteiger partial charge in [0.2, 0.25) is 0 Å². The average molecular weight is 181 g/mol. The fraction of sp³-hybridized carbons (Fsp3) is 0.375. The summed E-state index contributed by atoms with van der Waals surface area (Å²) < 4.78 is 1.55. The molecule has 0 aliphatic rings. The van der Waals surface area contributed by atoms with Crippen LogP contribution in [-0.4, -0.2) is 21.5 Å². The lowest BCUT2D eigenvalue weighted by Crippen LogP contribution is -2.24. The Bertz CT molecular complexity index is 379. The Hall–Kier alpha value is -1.65. The number of aromatic nitrogens is 2. The van der Waals surface area contributed by atoms with Crippen molar-refractivity contribution in [3.63, 3.8) is 0 Å². The van der Waals surface area contributed by atoms with Crippen LogP contribution in [0.4, 0.5) is 0 Å². The van der Waals surface area contributed by atoms with Crippen LogP contribution in [0.5, 0.6) is 0 Å². The Kier molecular flexibility index (Phi) is 2.18. The summed E-state index contributed by atoms with van der Waals surface area (Å²) in [6, 6.07) is 0. The summed E-state index contributed by atoms with van der Waals surface area (Å²) in [4.78, 5) is 21.9. The van der Waals surface area contributed by atoms with E-state index < -0.39 is 11.7 Å². The van der Waals surface area contributed by atoms with Crippen LogP contribution in [-0.2, 0) is 11.8 Å². The number of carbonyl (C=O) groups excluding carboxylic acids is 2. The third-order valence-electron chi connectivity index (χ3n) is 1.96. The lowest BCUT2D eigenvalue weighted by Gasteiger charge is -1.96. The van der Waals surface area contributed by atoms with Crippen LogP contribution in [0.1, 0.15) is 21.7 Å². The number of hydrogen-bond donors (Lipinski definition) is 1. The van der Waals surface area contributed by atoms with Gasteiger partial charge >= 0.3 is 0 Å². The Balaban J connectivity index is 3.29. The van der Waals surface area contributed by atoms with E-state index in [2.05, 4.69) is 5.10 Å². The highest BCUT2D eigenvalue weighted by Crippen LogP contribution is 2.11. The van der Waals surface area contributed by atoms with Crippen LogP contribution in [0.2, 0.25) is 0 Å². The molecule has 0 unspecified atom stereocenters. The van der Waals surface area contributed by atoms with Gasteiger partial charge in [-0.2, -0.15) is 5.10 Å². The molecule has 0 spiro atoms. The van der Waals surface area contributed by atoms with Crippen LogP contribution in [0.25, 0.3) is 0 Å². The van der Waals surface area contributed by atoms with Crippen LogP contribution in [0.15, 0.2) is 0 Å². The van der Waals surface area contributed by atoms with E-state index in [1.165, 1.54) is 0 Å². The lowest BCUT2D eigenvalue weighted by atomic mass is 10.1. The number of carbonyl (C=O) groups is 2. The fourth-order valence-electron chi connectivity index (χ4n) is 1.23. The van der Waals surface area contributed by atoms with Crippen molar-refractivity contribution in [2.75, 3.05) is 0 Å². The molecule has 0 saturated heterocycles. The third kappa shape index (κ3) is 1.44. The first-order chi connectivity index (χ1) is 5.95. The third-order valence-corrected chi connectivity index (χ3v) is 1.96. The molecule has 1 amide bonds. The molecule has 5 heteroatoms. The molecule has 0 aliphatic heterocycles. The van der Waals surface area contributed by atoms with Gasteiger partial charge in [-0.3, -0.25) is 14.3 Å². The van der Waals surface area contributed by atoms with Crippen molar-refractivity contribution in [2.24, 2.45) is 12.8 Å². The highest BCUT2D eigenvalue weighted by atomic mass is 16.2. The van der Waals surface area contributed by atoms with Crippen LogP contribution >= 0.6 is 0 Å². The standard InChI is InChI=1S/C8H11N3O2/c1-4-6(7(12)8(9)13)5(2)11(3)10-4/h1-3H3,(H2,9,13). The maximum Gasteiger partial charge on any atom is 0.289 e. The highest BCUT2D eigenvalue weighted by molar-refractivity contribution is 6.42. The largest absolute Gasteiger partial charge is 0.363 e. The molecule has 0 aromatic carbocycles. The first-order valence-electron chi connectivity index (χ1n) is 3.79. The second-order valence-corrected chi connectivity index (χ2v) is 2.86. The zero-order chi connectivity index (χ0) is 10.2. The molecule has 13 heavy (non-hydrogen) atoms. The van der Waals surface area contributed by atoms with Crippen LogP contribution < -0.4 is 5.73 Å². The summed E-state index contributed by atoms with van der Waals surface area (Å²) in [5.74, 6) is -1.62. The molecule has 0 saturated carbocycles. The van der Waals surface area contributed by atoms with Crippen molar-refractivity contribution in [3.05, 3.63) is 17.0 Å². The Labute approximate surface area is 75.5 Å². The van der Waals surface area contributed by atoms with Crippen molar-refractivity contribution in [2.45, 2.75) is 13.8 Å². The second-order valence-electron chi connectivity index (χ2n) is 2.86. The van der Waals surface area contributed by atoms with Gasteiger partial charge in [0.05, 0.1) is 11.3 Å². The molecule has 1 aromatic heterocycles. The zero-order valence-electron chi connectivity index (χ0n) is 7.79.